The summed E-state index contributed by atoms with van der Waals surface area (Å²) in [6.07, 6.45) is -2.59. The fourth-order valence-electron chi connectivity index (χ4n) is 3.10. The third-order valence-corrected chi connectivity index (χ3v) is 4.67. The van der Waals surface area contributed by atoms with Crippen molar-refractivity contribution >= 4 is 5.91 Å². The van der Waals surface area contributed by atoms with E-state index < -0.39 is 11.7 Å². The number of halogens is 3. The molecule has 1 aliphatic carbocycles. The van der Waals surface area contributed by atoms with Crippen LogP contribution in [0, 0.1) is 0 Å². The van der Waals surface area contributed by atoms with E-state index in [0.29, 0.717) is 35.8 Å². The Morgan fingerprint density at radius 2 is 1.62 bits per heavy atom. The molecule has 1 amide bonds. The summed E-state index contributed by atoms with van der Waals surface area (Å²) in [5.74, 6) is 0.911. The molecule has 0 N–H and O–H groups in total. The van der Waals surface area contributed by atoms with E-state index in [2.05, 4.69) is 0 Å². The molecule has 0 bridgehead atoms. The third-order valence-electron chi connectivity index (χ3n) is 4.67. The zero-order chi connectivity index (χ0) is 21.0. The van der Waals surface area contributed by atoms with E-state index in [1.165, 1.54) is 12.1 Å². The molecule has 0 radical (unpaired) electrons. The van der Waals surface area contributed by atoms with Crippen molar-refractivity contribution < 1.29 is 27.4 Å². The molecule has 2 aromatic rings. The Kier molecular flexibility index (Phi) is 6.35. The Bertz CT molecular complexity index is 845. The van der Waals surface area contributed by atoms with Crippen molar-refractivity contribution in [2.24, 2.45) is 0 Å². The van der Waals surface area contributed by atoms with E-state index in [-0.39, 0.29) is 18.5 Å². The van der Waals surface area contributed by atoms with Gasteiger partial charge in [0.1, 0.15) is 0 Å². The number of amides is 1. The highest BCUT2D eigenvalue weighted by Gasteiger charge is 2.34. The predicted molar refractivity (Wildman–Crippen MR) is 103 cm³/mol. The van der Waals surface area contributed by atoms with E-state index in [1.807, 2.05) is 13.8 Å². The minimum absolute atomic E-state index is 0.104. The van der Waals surface area contributed by atoms with Crippen LogP contribution in [0.15, 0.2) is 42.5 Å². The molecule has 1 saturated carbocycles. The van der Waals surface area contributed by atoms with Gasteiger partial charge in [-0.25, -0.2) is 0 Å². The molecule has 2 aromatic carbocycles. The van der Waals surface area contributed by atoms with Crippen LogP contribution in [-0.2, 0) is 12.7 Å². The Hall–Kier alpha value is -2.70. The summed E-state index contributed by atoms with van der Waals surface area (Å²) in [7, 11) is 0. The first-order valence-electron chi connectivity index (χ1n) is 9.70. The van der Waals surface area contributed by atoms with Gasteiger partial charge in [-0.1, -0.05) is 12.1 Å². The molecule has 156 valence electrons. The van der Waals surface area contributed by atoms with Crippen LogP contribution in [0.3, 0.4) is 0 Å². The summed E-state index contributed by atoms with van der Waals surface area (Å²) in [4.78, 5) is 14.8. The maximum absolute atomic E-state index is 13.1. The van der Waals surface area contributed by atoms with Gasteiger partial charge in [0.05, 0.1) is 18.8 Å². The summed E-state index contributed by atoms with van der Waals surface area (Å²) in [5, 5.41) is 0. The monoisotopic (exact) mass is 407 g/mol. The Balaban J connectivity index is 1.80. The largest absolute Gasteiger partial charge is 0.490 e. The van der Waals surface area contributed by atoms with Crippen LogP contribution in [0.5, 0.6) is 11.5 Å². The van der Waals surface area contributed by atoms with Crippen LogP contribution in [-0.4, -0.2) is 30.1 Å². The van der Waals surface area contributed by atoms with E-state index >= 15 is 0 Å². The van der Waals surface area contributed by atoms with Crippen molar-refractivity contribution in [3.63, 3.8) is 0 Å². The zero-order valence-corrected chi connectivity index (χ0v) is 16.5. The number of hydrogen-bond acceptors (Lipinski definition) is 3. The van der Waals surface area contributed by atoms with Gasteiger partial charge < -0.3 is 14.4 Å². The number of rotatable bonds is 8. The summed E-state index contributed by atoms with van der Waals surface area (Å²) in [6, 6.07) is 10.1. The van der Waals surface area contributed by atoms with Gasteiger partial charge in [0.25, 0.3) is 5.91 Å². The highest BCUT2D eigenvalue weighted by atomic mass is 19.4. The van der Waals surface area contributed by atoms with Gasteiger partial charge in [-0.15, -0.1) is 0 Å². The molecule has 0 atom stereocenters. The second-order valence-corrected chi connectivity index (χ2v) is 6.89. The first-order valence-corrected chi connectivity index (χ1v) is 9.70. The molecule has 7 heteroatoms. The van der Waals surface area contributed by atoms with Crippen molar-refractivity contribution in [2.75, 3.05) is 13.2 Å². The molecule has 0 aromatic heterocycles. The highest BCUT2D eigenvalue weighted by molar-refractivity contribution is 5.95. The molecule has 1 fully saturated rings. The van der Waals surface area contributed by atoms with Crippen LogP contribution < -0.4 is 9.47 Å². The van der Waals surface area contributed by atoms with E-state index in [1.54, 1.807) is 23.1 Å². The summed E-state index contributed by atoms with van der Waals surface area (Å²) < 4.78 is 49.4. The third kappa shape index (κ3) is 5.22. The molecule has 0 spiro atoms. The average molecular weight is 407 g/mol. The van der Waals surface area contributed by atoms with Gasteiger partial charge in [-0.05, 0) is 62.6 Å². The molecular weight excluding hydrogens is 383 g/mol. The van der Waals surface area contributed by atoms with E-state index in [0.717, 1.165) is 25.0 Å². The molecular formula is C22H24F3NO3. The molecule has 0 unspecified atom stereocenters. The molecule has 0 aliphatic heterocycles. The lowest BCUT2D eigenvalue weighted by atomic mass is 10.1. The molecule has 0 saturated heterocycles. The Morgan fingerprint density at radius 1 is 1.00 bits per heavy atom. The predicted octanol–water partition coefficient (Wildman–Crippen LogP) is 5.31. The molecule has 1 aliphatic rings. The highest BCUT2D eigenvalue weighted by Crippen LogP contribution is 2.34. The fraction of sp³-hybridized carbons (Fsp3) is 0.409. The van der Waals surface area contributed by atoms with Crippen LogP contribution in [0.1, 0.15) is 48.2 Å². The van der Waals surface area contributed by atoms with Crippen LogP contribution in [0.25, 0.3) is 0 Å². The number of nitrogens with zero attached hydrogens (tertiary/aromatic N) is 1. The SMILES string of the molecule is CCOc1ccc(C(=O)N(Cc2ccc(C(F)(F)F)cc2)C2CC2)cc1OCC. The number of alkyl halides is 3. The van der Waals surface area contributed by atoms with Gasteiger partial charge >= 0.3 is 6.18 Å². The van der Waals surface area contributed by atoms with Crippen molar-refractivity contribution in [1.29, 1.82) is 0 Å². The van der Waals surface area contributed by atoms with Crippen molar-refractivity contribution in [3.8, 4) is 11.5 Å². The minimum atomic E-state index is -4.37. The first-order chi connectivity index (χ1) is 13.8. The number of ether oxygens (including phenoxy) is 2. The quantitative estimate of drug-likeness (QED) is 0.596. The van der Waals surface area contributed by atoms with Crippen LogP contribution >= 0.6 is 0 Å². The molecule has 3 rings (SSSR count). The zero-order valence-electron chi connectivity index (χ0n) is 16.5. The maximum atomic E-state index is 13.1. The van der Waals surface area contributed by atoms with Gasteiger partial charge in [-0.3, -0.25) is 4.79 Å². The second-order valence-electron chi connectivity index (χ2n) is 6.89. The molecule has 4 nitrogen and oxygen atoms in total. The summed E-state index contributed by atoms with van der Waals surface area (Å²) in [5.41, 5.74) is 0.434. The lowest BCUT2D eigenvalue weighted by Gasteiger charge is -2.23. The lowest BCUT2D eigenvalue weighted by Crippen LogP contribution is -2.32. The molecule has 0 heterocycles. The van der Waals surface area contributed by atoms with Crippen molar-refractivity contribution in [1.82, 2.24) is 4.90 Å². The average Bonchev–Trinajstić information content (AvgIpc) is 3.52. The van der Waals surface area contributed by atoms with Gasteiger partial charge in [0.2, 0.25) is 0 Å². The number of benzene rings is 2. The first kappa shape index (κ1) is 21.0. The van der Waals surface area contributed by atoms with E-state index in [4.69, 9.17) is 9.47 Å². The van der Waals surface area contributed by atoms with Gasteiger partial charge in [-0.2, -0.15) is 13.2 Å². The standard InChI is InChI=1S/C22H24F3NO3/c1-3-28-19-12-7-16(13-20(19)29-4-2)21(27)26(18-10-11-18)14-15-5-8-17(9-6-15)22(23,24)25/h5-9,12-13,18H,3-4,10-11,14H2,1-2H3. The van der Waals surface area contributed by atoms with Gasteiger partial charge in [0.15, 0.2) is 11.5 Å². The fourth-order valence-corrected chi connectivity index (χ4v) is 3.10. The van der Waals surface area contributed by atoms with E-state index in [9.17, 15) is 18.0 Å². The summed E-state index contributed by atoms with van der Waals surface area (Å²) in [6.45, 7) is 4.91. The Labute approximate surface area is 168 Å². The topological polar surface area (TPSA) is 38.8 Å². The maximum Gasteiger partial charge on any atom is 0.416 e. The number of carbonyl (C=O) groups excluding carboxylic acids is 1. The van der Waals surface area contributed by atoms with Crippen molar-refractivity contribution in [3.05, 3.63) is 59.2 Å². The van der Waals surface area contributed by atoms with Crippen molar-refractivity contribution in [2.45, 2.75) is 45.5 Å². The second kappa shape index (κ2) is 8.76. The Morgan fingerprint density at radius 3 is 2.17 bits per heavy atom. The minimum Gasteiger partial charge on any atom is -0.490 e. The smallest absolute Gasteiger partial charge is 0.416 e. The van der Waals surface area contributed by atoms with Gasteiger partial charge in [0, 0.05) is 18.2 Å². The number of hydrogen-bond donors (Lipinski definition) is 0. The molecule has 29 heavy (non-hydrogen) atoms. The number of carbonyl (C=O) groups is 1. The van der Waals surface area contributed by atoms with Crippen LogP contribution in [0.4, 0.5) is 13.2 Å². The normalized spacial score (nSPS) is 13.8. The van der Waals surface area contributed by atoms with Crippen LogP contribution in [0.2, 0.25) is 0 Å². The lowest BCUT2D eigenvalue weighted by molar-refractivity contribution is -0.137. The summed E-state index contributed by atoms with van der Waals surface area (Å²) >= 11 is 0.